The molecule has 15 heavy (non-hydrogen) atoms. The summed E-state index contributed by atoms with van der Waals surface area (Å²) in [6.07, 6.45) is 1.56. The van der Waals surface area contributed by atoms with E-state index in [0.717, 1.165) is 0 Å². The minimum Gasteiger partial charge on any atom is -0.384 e. The maximum absolute atomic E-state index is 11.4. The van der Waals surface area contributed by atoms with Crippen LogP contribution in [-0.2, 0) is 4.79 Å². The molecule has 80 valence electrons. The van der Waals surface area contributed by atoms with E-state index in [1.807, 2.05) is 0 Å². The van der Waals surface area contributed by atoms with Gasteiger partial charge in [0.15, 0.2) is 0 Å². The number of nitrogens with zero attached hydrogens (tertiary/aromatic N) is 1. The maximum Gasteiger partial charge on any atom is 0.251 e. The number of nitrogens with two attached hydrogens (primary N) is 2. The van der Waals surface area contributed by atoms with Crippen molar-refractivity contribution in [1.82, 2.24) is 10.3 Å². The number of hydrogen-bond acceptors (Lipinski definition) is 4. The Balaban J connectivity index is 2.50. The van der Waals surface area contributed by atoms with E-state index in [-0.39, 0.29) is 24.7 Å². The number of carbonyl (C=O) groups excluding carboxylic acids is 2. The fourth-order valence-corrected chi connectivity index (χ4v) is 0.991. The maximum atomic E-state index is 11.4. The largest absolute Gasteiger partial charge is 0.384 e. The molecule has 0 saturated heterocycles. The molecule has 1 heterocycles. The molecule has 5 N–H and O–H groups in total. The van der Waals surface area contributed by atoms with Gasteiger partial charge in [-0.05, 0) is 12.1 Å². The van der Waals surface area contributed by atoms with Gasteiger partial charge in [0.2, 0.25) is 5.91 Å². The first-order valence-electron chi connectivity index (χ1n) is 4.37. The van der Waals surface area contributed by atoms with E-state index in [4.69, 9.17) is 11.5 Å². The van der Waals surface area contributed by atoms with Crippen LogP contribution in [0.5, 0.6) is 0 Å². The van der Waals surface area contributed by atoms with Crippen LogP contribution in [0.1, 0.15) is 16.8 Å². The van der Waals surface area contributed by atoms with Gasteiger partial charge in [-0.3, -0.25) is 9.59 Å². The second-order valence-corrected chi connectivity index (χ2v) is 2.94. The summed E-state index contributed by atoms with van der Waals surface area (Å²) in [7, 11) is 0. The van der Waals surface area contributed by atoms with Crippen LogP contribution < -0.4 is 16.8 Å². The molecule has 0 spiro atoms. The first-order chi connectivity index (χ1) is 7.09. The summed E-state index contributed by atoms with van der Waals surface area (Å²) < 4.78 is 0. The lowest BCUT2D eigenvalue weighted by Crippen LogP contribution is -2.27. The predicted octanol–water partition coefficient (Wildman–Crippen LogP) is -0.731. The monoisotopic (exact) mass is 208 g/mol. The molecule has 1 rings (SSSR count). The molecular formula is C9H12N4O2. The third-order valence-corrected chi connectivity index (χ3v) is 1.70. The SMILES string of the molecule is NC(=O)CCNC(=O)c1ccnc(N)c1. The van der Waals surface area contributed by atoms with Gasteiger partial charge in [0, 0.05) is 24.7 Å². The Morgan fingerprint density at radius 1 is 1.47 bits per heavy atom. The number of aromatic nitrogens is 1. The van der Waals surface area contributed by atoms with Crippen LogP contribution in [0.15, 0.2) is 18.3 Å². The average Bonchev–Trinajstić information content (AvgIpc) is 2.17. The molecule has 0 aliphatic carbocycles. The van der Waals surface area contributed by atoms with E-state index in [0.29, 0.717) is 5.56 Å². The van der Waals surface area contributed by atoms with Crippen molar-refractivity contribution in [3.63, 3.8) is 0 Å². The lowest BCUT2D eigenvalue weighted by molar-refractivity contribution is -0.117. The van der Waals surface area contributed by atoms with Crippen molar-refractivity contribution in [2.75, 3.05) is 12.3 Å². The number of rotatable bonds is 4. The van der Waals surface area contributed by atoms with E-state index in [9.17, 15) is 9.59 Å². The molecule has 0 atom stereocenters. The van der Waals surface area contributed by atoms with Crippen LogP contribution in [0.2, 0.25) is 0 Å². The fourth-order valence-electron chi connectivity index (χ4n) is 0.991. The fraction of sp³-hybridized carbons (Fsp3) is 0.222. The molecule has 0 aromatic carbocycles. The molecular weight excluding hydrogens is 196 g/mol. The summed E-state index contributed by atoms with van der Waals surface area (Å²) in [6, 6.07) is 3.00. The van der Waals surface area contributed by atoms with Gasteiger partial charge in [-0.1, -0.05) is 0 Å². The summed E-state index contributed by atoms with van der Waals surface area (Å²) >= 11 is 0. The first kappa shape index (κ1) is 11.0. The van der Waals surface area contributed by atoms with Gasteiger partial charge < -0.3 is 16.8 Å². The molecule has 0 fully saturated rings. The van der Waals surface area contributed by atoms with Gasteiger partial charge >= 0.3 is 0 Å². The van der Waals surface area contributed by atoms with Crippen LogP contribution in [0.3, 0.4) is 0 Å². The first-order valence-corrected chi connectivity index (χ1v) is 4.37. The number of nitrogen functional groups attached to an aromatic ring is 1. The summed E-state index contributed by atoms with van der Waals surface area (Å²) in [4.78, 5) is 25.6. The molecule has 0 radical (unpaired) electrons. The number of nitrogens with one attached hydrogen (secondary N) is 1. The molecule has 2 amide bonds. The zero-order chi connectivity index (χ0) is 11.3. The Morgan fingerprint density at radius 3 is 2.80 bits per heavy atom. The molecule has 1 aromatic rings. The van der Waals surface area contributed by atoms with Gasteiger partial charge in [0.1, 0.15) is 5.82 Å². The number of carbonyl (C=O) groups is 2. The average molecular weight is 208 g/mol. The molecule has 1 aromatic heterocycles. The Hall–Kier alpha value is -2.11. The smallest absolute Gasteiger partial charge is 0.251 e. The topological polar surface area (TPSA) is 111 Å². The summed E-state index contributed by atoms with van der Waals surface area (Å²) in [5.41, 5.74) is 10.7. The summed E-state index contributed by atoms with van der Waals surface area (Å²) in [5, 5.41) is 2.53. The quantitative estimate of drug-likeness (QED) is 0.605. The van der Waals surface area contributed by atoms with Crippen LogP contribution in [0, 0.1) is 0 Å². The van der Waals surface area contributed by atoms with Gasteiger partial charge in [-0.15, -0.1) is 0 Å². The molecule has 0 unspecified atom stereocenters. The van der Waals surface area contributed by atoms with Crippen molar-refractivity contribution in [1.29, 1.82) is 0 Å². The van der Waals surface area contributed by atoms with E-state index in [1.165, 1.54) is 18.3 Å². The Morgan fingerprint density at radius 2 is 2.20 bits per heavy atom. The Labute approximate surface area is 86.7 Å². The number of pyridine rings is 1. The molecule has 0 saturated carbocycles. The second kappa shape index (κ2) is 4.94. The third-order valence-electron chi connectivity index (χ3n) is 1.70. The van der Waals surface area contributed by atoms with Crippen LogP contribution in [0.25, 0.3) is 0 Å². The van der Waals surface area contributed by atoms with E-state index < -0.39 is 5.91 Å². The van der Waals surface area contributed by atoms with E-state index in [2.05, 4.69) is 10.3 Å². The minimum absolute atomic E-state index is 0.117. The highest BCUT2D eigenvalue weighted by atomic mass is 16.2. The van der Waals surface area contributed by atoms with Gasteiger partial charge in [0.25, 0.3) is 5.91 Å². The standard InChI is InChI=1S/C9H12N4O2/c10-7-5-6(1-3-12-7)9(15)13-4-2-8(11)14/h1,3,5H,2,4H2,(H2,10,12)(H2,11,14)(H,13,15). The molecule has 0 bridgehead atoms. The Bertz CT molecular complexity index is 378. The molecule has 6 heteroatoms. The van der Waals surface area contributed by atoms with Crippen molar-refractivity contribution in [3.05, 3.63) is 23.9 Å². The number of amides is 2. The second-order valence-electron chi connectivity index (χ2n) is 2.94. The highest BCUT2D eigenvalue weighted by molar-refractivity contribution is 5.94. The lowest BCUT2D eigenvalue weighted by Gasteiger charge is -2.03. The van der Waals surface area contributed by atoms with E-state index in [1.54, 1.807) is 0 Å². The zero-order valence-corrected chi connectivity index (χ0v) is 8.06. The van der Waals surface area contributed by atoms with Gasteiger partial charge in [0.05, 0.1) is 0 Å². The predicted molar refractivity (Wildman–Crippen MR) is 54.8 cm³/mol. The summed E-state index contributed by atoms with van der Waals surface area (Å²) in [5.74, 6) is -0.479. The van der Waals surface area contributed by atoms with Gasteiger partial charge in [-0.2, -0.15) is 0 Å². The van der Waals surface area contributed by atoms with Crippen LogP contribution in [0.4, 0.5) is 5.82 Å². The Kier molecular flexibility index (Phi) is 3.61. The number of hydrogen-bond donors (Lipinski definition) is 3. The number of anilines is 1. The van der Waals surface area contributed by atoms with Crippen molar-refractivity contribution in [2.45, 2.75) is 6.42 Å². The highest BCUT2D eigenvalue weighted by Gasteiger charge is 2.05. The lowest BCUT2D eigenvalue weighted by atomic mass is 10.2. The van der Waals surface area contributed by atoms with Crippen molar-refractivity contribution >= 4 is 17.6 Å². The normalized spacial score (nSPS) is 9.60. The zero-order valence-electron chi connectivity index (χ0n) is 8.06. The van der Waals surface area contributed by atoms with Gasteiger partial charge in [-0.25, -0.2) is 4.98 Å². The van der Waals surface area contributed by atoms with E-state index >= 15 is 0 Å². The summed E-state index contributed by atoms with van der Waals surface area (Å²) in [6.45, 7) is 0.219. The van der Waals surface area contributed by atoms with Crippen molar-refractivity contribution < 1.29 is 9.59 Å². The minimum atomic E-state index is -0.454. The van der Waals surface area contributed by atoms with Crippen LogP contribution >= 0.6 is 0 Å². The third kappa shape index (κ3) is 3.63. The number of primary amides is 1. The molecule has 0 aliphatic heterocycles. The molecule has 6 nitrogen and oxygen atoms in total. The van der Waals surface area contributed by atoms with Crippen LogP contribution in [-0.4, -0.2) is 23.3 Å². The van der Waals surface area contributed by atoms with Crippen molar-refractivity contribution in [3.8, 4) is 0 Å². The van der Waals surface area contributed by atoms with Crippen molar-refractivity contribution in [2.24, 2.45) is 5.73 Å². The highest BCUT2D eigenvalue weighted by Crippen LogP contribution is 2.02. The molecule has 0 aliphatic rings.